The van der Waals surface area contributed by atoms with E-state index in [9.17, 15) is 9.59 Å². The van der Waals surface area contributed by atoms with E-state index in [2.05, 4.69) is 10.3 Å². The van der Waals surface area contributed by atoms with E-state index < -0.39 is 6.04 Å². The van der Waals surface area contributed by atoms with Crippen LogP contribution in [0.15, 0.2) is 73.1 Å². The zero-order valence-electron chi connectivity index (χ0n) is 17.0. The van der Waals surface area contributed by atoms with Crippen molar-refractivity contribution in [1.29, 1.82) is 0 Å². The molecule has 2 aromatic carbocycles. The lowest BCUT2D eigenvalue weighted by molar-refractivity contribution is -0.125. The fourth-order valence-electron chi connectivity index (χ4n) is 3.90. The Morgan fingerprint density at radius 3 is 2.53 bits per heavy atom. The second kappa shape index (κ2) is 8.91. The fourth-order valence-corrected chi connectivity index (χ4v) is 3.90. The molecular weight excluding hydrogens is 374 g/mol. The molecule has 1 aromatic heterocycles. The maximum Gasteiger partial charge on any atom is 0.255 e. The number of carbonyl (C=O) groups is 2. The molecule has 1 saturated heterocycles. The van der Waals surface area contributed by atoms with Crippen LogP contribution in [0.25, 0.3) is 11.1 Å². The number of rotatable bonds is 5. The summed E-state index contributed by atoms with van der Waals surface area (Å²) in [5, 5.41) is 3.00. The lowest BCUT2D eigenvalue weighted by Gasteiger charge is -2.25. The van der Waals surface area contributed by atoms with Gasteiger partial charge in [-0.25, -0.2) is 0 Å². The first-order valence-electron chi connectivity index (χ1n) is 10.3. The van der Waals surface area contributed by atoms with Gasteiger partial charge in [0.1, 0.15) is 6.04 Å². The Kier molecular flexibility index (Phi) is 5.89. The number of nitrogens with one attached hydrogen (secondary N) is 1. The number of aromatic nitrogens is 1. The molecule has 0 radical (unpaired) electrons. The molecule has 3 aromatic rings. The highest BCUT2D eigenvalue weighted by Gasteiger charge is 2.35. The average molecular weight is 399 g/mol. The Balaban J connectivity index is 1.50. The summed E-state index contributed by atoms with van der Waals surface area (Å²) < 4.78 is 0. The summed E-state index contributed by atoms with van der Waals surface area (Å²) in [6, 6.07) is 19.0. The fraction of sp³-hybridized carbons (Fsp3) is 0.240. The Hall–Kier alpha value is -3.47. The molecule has 1 atom stereocenters. The molecule has 1 fully saturated rings. The van der Waals surface area contributed by atoms with Crippen LogP contribution in [-0.2, 0) is 11.3 Å². The molecule has 2 amide bonds. The van der Waals surface area contributed by atoms with Crippen molar-refractivity contribution in [3.63, 3.8) is 0 Å². The molecule has 0 bridgehead atoms. The molecule has 1 aliphatic heterocycles. The summed E-state index contributed by atoms with van der Waals surface area (Å²) in [4.78, 5) is 32.0. The predicted octanol–water partition coefficient (Wildman–Crippen LogP) is 3.98. The zero-order chi connectivity index (χ0) is 20.9. The van der Waals surface area contributed by atoms with E-state index in [1.54, 1.807) is 17.3 Å². The standard InChI is InChI=1S/C25H25N3O2/c1-18-8-10-19(11-9-18)17-27-24(29)23-7-4-16-28(23)25(30)22-6-3-2-5-21(22)20-12-14-26-15-13-20/h2-3,5-6,8-15,23H,4,7,16-17H2,1H3,(H,27,29)/t23-/m0/s1. The molecule has 30 heavy (non-hydrogen) atoms. The molecule has 152 valence electrons. The van der Waals surface area contributed by atoms with Crippen molar-refractivity contribution in [3.05, 3.63) is 89.7 Å². The van der Waals surface area contributed by atoms with E-state index in [1.165, 1.54) is 5.56 Å². The minimum atomic E-state index is -0.437. The maximum absolute atomic E-state index is 13.4. The Bertz CT molecular complexity index is 1030. The first-order valence-corrected chi connectivity index (χ1v) is 10.3. The van der Waals surface area contributed by atoms with E-state index in [0.717, 1.165) is 23.1 Å². The number of aryl methyl sites for hydroxylation is 1. The molecule has 5 nitrogen and oxygen atoms in total. The predicted molar refractivity (Wildman–Crippen MR) is 117 cm³/mol. The van der Waals surface area contributed by atoms with E-state index in [-0.39, 0.29) is 11.8 Å². The SMILES string of the molecule is Cc1ccc(CNC(=O)[C@@H]2CCCN2C(=O)c2ccccc2-c2ccncc2)cc1. The van der Waals surface area contributed by atoms with E-state index in [1.807, 2.05) is 67.6 Å². The highest BCUT2D eigenvalue weighted by Crippen LogP contribution is 2.27. The molecule has 1 aliphatic rings. The molecular formula is C25H25N3O2. The van der Waals surface area contributed by atoms with Gasteiger partial charge < -0.3 is 10.2 Å². The third-order valence-corrected chi connectivity index (χ3v) is 5.55. The van der Waals surface area contributed by atoms with Crippen molar-refractivity contribution in [1.82, 2.24) is 15.2 Å². The number of likely N-dealkylation sites (tertiary alicyclic amines) is 1. The van der Waals surface area contributed by atoms with Crippen LogP contribution in [0.1, 0.15) is 34.3 Å². The Morgan fingerprint density at radius 1 is 1.03 bits per heavy atom. The second-order valence-corrected chi connectivity index (χ2v) is 7.64. The van der Waals surface area contributed by atoms with Crippen molar-refractivity contribution in [2.45, 2.75) is 32.4 Å². The number of hydrogen-bond donors (Lipinski definition) is 1. The number of pyridine rings is 1. The largest absolute Gasteiger partial charge is 0.350 e. The highest BCUT2D eigenvalue weighted by molar-refractivity contribution is 6.03. The third-order valence-electron chi connectivity index (χ3n) is 5.55. The van der Waals surface area contributed by atoms with Crippen LogP contribution in [0.4, 0.5) is 0 Å². The summed E-state index contributed by atoms with van der Waals surface area (Å²) >= 11 is 0. The third kappa shape index (κ3) is 4.25. The second-order valence-electron chi connectivity index (χ2n) is 7.64. The minimum Gasteiger partial charge on any atom is -0.350 e. The lowest BCUT2D eigenvalue weighted by atomic mass is 9.99. The van der Waals surface area contributed by atoms with Crippen LogP contribution in [0.2, 0.25) is 0 Å². The van der Waals surface area contributed by atoms with Gasteiger partial charge in [-0.1, -0.05) is 48.0 Å². The number of benzene rings is 2. The first-order chi connectivity index (χ1) is 14.6. The quantitative estimate of drug-likeness (QED) is 0.706. The summed E-state index contributed by atoms with van der Waals surface area (Å²) in [5.41, 5.74) is 4.64. The van der Waals surface area contributed by atoms with Crippen molar-refractivity contribution < 1.29 is 9.59 Å². The molecule has 0 saturated carbocycles. The summed E-state index contributed by atoms with van der Waals surface area (Å²) in [7, 11) is 0. The van der Waals surface area contributed by atoms with E-state index in [4.69, 9.17) is 0 Å². The number of carbonyl (C=O) groups excluding carboxylic acids is 2. The molecule has 0 aliphatic carbocycles. The molecule has 4 rings (SSSR count). The van der Waals surface area contributed by atoms with Gasteiger partial charge in [-0.05, 0) is 54.7 Å². The molecule has 1 N–H and O–H groups in total. The minimum absolute atomic E-state index is 0.0946. The first kappa shape index (κ1) is 19.8. The maximum atomic E-state index is 13.4. The van der Waals surface area contributed by atoms with Crippen LogP contribution in [0, 0.1) is 6.92 Å². The topological polar surface area (TPSA) is 62.3 Å². The average Bonchev–Trinajstić information content (AvgIpc) is 3.29. The lowest BCUT2D eigenvalue weighted by Crippen LogP contribution is -2.45. The van der Waals surface area contributed by atoms with Gasteiger partial charge in [0.05, 0.1) is 0 Å². The van der Waals surface area contributed by atoms with Crippen LogP contribution >= 0.6 is 0 Å². The number of amides is 2. The van der Waals surface area contributed by atoms with Crippen LogP contribution < -0.4 is 5.32 Å². The smallest absolute Gasteiger partial charge is 0.255 e. The number of nitrogens with zero attached hydrogens (tertiary/aromatic N) is 2. The van der Waals surface area contributed by atoms with E-state index >= 15 is 0 Å². The van der Waals surface area contributed by atoms with Crippen LogP contribution in [0.3, 0.4) is 0 Å². The van der Waals surface area contributed by atoms with Gasteiger partial charge in [-0.3, -0.25) is 14.6 Å². The van der Waals surface area contributed by atoms with Crippen LogP contribution in [-0.4, -0.2) is 34.3 Å². The number of hydrogen-bond acceptors (Lipinski definition) is 3. The molecule has 0 unspecified atom stereocenters. The van der Waals surface area contributed by atoms with Gasteiger partial charge in [0.2, 0.25) is 5.91 Å². The Morgan fingerprint density at radius 2 is 1.77 bits per heavy atom. The van der Waals surface area contributed by atoms with Crippen molar-refractivity contribution in [2.75, 3.05) is 6.54 Å². The van der Waals surface area contributed by atoms with Crippen molar-refractivity contribution in [2.24, 2.45) is 0 Å². The van der Waals surface area contributed by atoms with Gasteiger partial charge >= 0.3 is 0 Å². The Labute approximate surface area is 176 Å². The van der Waals surface area contributed by atoms with Gasteiger partial charge in [0.25, 0.3) is 5.91 Å². The van der Waals surface area contributed by atoms with Crippen molar-refractivity contribution >= 4 is 11.8 Å². The summed E-state index contributed by atoms with van der Waals surface area (Å²) in [6.07, 6.45) is 4.94. The highest BCUT2D eigenvalue weighted by atomic mass is 16.2. The normalized spacial score (nSPS) is 15.8. The van der Waals surface area contributed by atoms with Crippen molar-refractivity contribution in [3.8, 4) is 11.1 Å². The molecule has 0 spiro atoms. The van der Waals surface area contributed by atoms with E-state index in [0.29, 0.717) is 25.1 Å². The van der Waals surface area contributed by atoms with Gasteiger partial charge in [0, 0.05) is 31.0 Å². The van der Waals surface area contributed by atoms with Gasteiger partial charge in [-0.15, -0.1) is 0 Å². The molecule has 2 heterocycles. The van der Waals surface area contributed by atoms with Crippen LogP contribution in [0.5, 0.6) is 0 Å². The van der Waals surface area contributed by atoms with Gasteiger partial charge in [-0.2, -0.15) is 0 Å². The summed E-state index contributed by atoms with van der Waals surface area (Å²) in [5.74, 6) is -0.196. The zero-order valence-corrected chi connectivity index (χ0v) is 17.0. The summed E-state index contributed by atoms with van der Waals surface area (Å²) in [6.45, 7) is 3.09. The molecule has 5 heteroatoms. The monoisotopic (exact) mass is 399 g/mol. The van der Waals surface area contributed by atoms with Gasteiger partial charge in [0.15, 0.2) is 0 Å².